The first kappa shape index (κ1) is 28.3. The van der Waals surface area contributed by atoms with Gasteiger partial charge in [-0.15, -0.1) is 0 Å². The third-order valence-electron chi connectivity index (χ3n) is 6.47. The Bertz CT molecular complexity index is 1300. The van der Waals surface area contributed by atoms with E-state index in [-0.39, 0.29) is 16.9 Å². The molecule has 0 radical (unpaired) electrons. The number of fused-ring (bicyclic) bond motifs is 1. The summed E-state index contributed by atoms with van der Waals surface area (Å²) in [7, 11) is -0.474. The molecule has 2 heterocycles. The maximum Gasteiger partial charge on any atom is 0.260 e. The van der Waals surface area contributed by atoms with Crippen molar-refractivity contribution in [1.29, 1.82) is 0 Å². The van der Waals surface area contributed by atoms with Crippen molar-refractivity contribution in [3.05, 3.63) is 42.0 Å². The lowest BCUT2D eigenvalue weighted by Crippen LogP contribution is -2.37. The largest absolute Gasteiger partial charge is 0.495 e. The molecule has 2 aromatic carbocycles. The Hall–Kier alpha value is -2.73. The first-order valence-corrected chi connectivity index (χ1v) is 15.1. The van der Waals surface area contributed by atoms with E-state index >= 15 is 0 Å². The first-order valence-electron chi connectivity index (χ1n) is 12.9. The number of amides is 1. The number of anilines is 1. The molecule has 1 unspecified atom stereocenters. The van der Waals surface area contributed by atoms with Gasteiger partial charge in [-0.2, -0.15) is 4.31 Å². The number of hydrogen-bond acceptors (Lipinski definition) is 8. The topological polar surface area (TPSA) is 98.3 Å². The van der Waals surface area contributed by atoms with Crippen LogP contribution in [0.4, 0.5) is 5.13 Å². The highest BCUT2D eigenvalue weighted by molar-refractivity contribution is 7.89. The molecule has 1 atom stereocenters. The molecule has 0 aliphatic carbocycles. The molecular formula is C27H35N3O6S2. The van der Waals surface area contributed by atoms with Gasteiger partial charge in [0.1, 0.15) is 21.7 Å². The van der Waals surface area contributed by atoms with E-state index in [2.05, 4.69) is 0 Å². The summed E-state index contributed by atoms with van der Waals surface area (Å²) in [4.78, 5) is 20.4. The number of carbonyl (C=O) groups is 1. The van der Waals surface area contributed by atoms with Gasteiger partial charge in [0.25, 0.3) is 5.91 Å². The van der Waals surface area contributed by atoms with Gasteiger partial charge in [0.2, 0.25) is 10.0 Å². The third-order valence-corrected chi connectivity index (χ3v) is 9.48. The average Bonchev–Trinajstić information content (AvgIpc) is 3.61. The molecular weight excluding hydrogens is 526 g/mol. The van der Waals surface area contributed by atoms with E-state index in [1.807, 2.05) is 19.9 Å². The molecule has 0 bridgehead atoms. The second kappa shape index (κ2) is 12.4. The van der Waals surface area contributed by atoms with Gasteiger partial charge in [-0.05, 0) is 62.1 Å². The maximum absolute atomic E-state index is 13.8. The van der Waals surface area contributed by atoms with Crippen LogP contribution in [-0.2, 0) is 14.8 Å². The molecule has 38 heavy (non-hydrogen) atoms. The lowest BCUT2D eigenvalue weighted by atomic mass is 10.2. The smallest absolute Gasteiger partial charge is 0.260 e. The number of rotatable bonds is 12. The van der Waals surface area contributed by atoms with Gasteiger partial charge in [-0.3, -0.25) is 9.69 Å². The summed E-state index contributed by atoms with van der Waals surface area (Å²) in [6.07, 6.45) is 3.14. The van der Waals surface area contributed by atoms with Crippen LogP contribution in [0.3, 0.4) is 0 Å². The van der Waals surface area contributed by atoms with Crippen LogP contribution in [0, 0.1) is 0 Å². The zero-order valence-corrected chi connectivity index (χ0v) is 23.9. The Morgan fingerprint density at radius 3 is 2.29 bits per heavy atom. The number of methoxy groups -OCH3 is 2. The highest BCUT2D eigenvalue weighted by atomic mass is 32.2. The van der Waals surface area contributed by atoms with E-state index in [0.717, 1.165) is 30.4 Å². The van der Waals surface area contributed by atoms with Crippen LogP contribution in [0.25, 0.3) is 10.2 Å². The third kappa shape index (κ3) is 5.80. The Kier molecular flexibility index (Phi) is 9.24. The van der Waals surface area contributed by atoms with Gasteiger partial charge < -0.3 is 14.2 Å². The second-order valence-corrected chi connectivity index (χ2v) is 12.0. The quantitative estimate of drug-likeness (QED) is 0.309. The predicted molar refractivity (Wildman–Crippen MR) is 149 cm³/mol. The van der Waals surface area contributed by atoms with Crippen LogP contribution in [-0.4, -0.2) is 70.2 Å². The fourth-order valence-corrected chi connectivity index (χ4v) is 7.26. The molecule has 1 amide bonds. The summed E-state index contributed by atoms with van der Waals surface area (Å²) >= 11 is 1.35. The summed E-state index contributed by atoms with van der Waals surface area (Å²) in [5.41, 5.74) is 0.989. The van der Waals surface area contributed by atoms with E-state index in [9.17, 15) is 13.2 Å². The maximum atomic E-state index is 13.8. The highest BCUT2D eigenvalue weighted by Crippen LogP contribution is 2.40. The molecule has 206 valence electrons. The molecule has 0 saturated carbocycles. The summed E-state index contributed by atoms with van der Waals surface area (Å²) in [6, 6.07) is 9.76. The number of thiazole rings is 1. The SMILES string of the molecule is CCCN(CCC)S(=O)(=O)c1ccc(C(=O)N(CC2CCCO2)c2nc3c(OC)ccc(OC)c3s2)cc1. The molecule has 1 aliphatic rings. The Balaban J connectivity index is 1.69. The van der Waals surface area contributed by atoms with E-state index < -0.39 is 10.0 Å². The lowest BCUT2D eigenvalue weighted by molar-refractivity contribution is 0.0917. The first-order chi connectivity index (χ1) is 18.3. The van der Waals surface area contributed by atoms with E-state index in [0.29, 0.717) is 54.0 Å². The molecule has 3 aromatic rings. The van der Waals surface area contributed by atoms with Crippen molar-refractivity contribution >= 4 is 42.6 Å². The minimum absolute atomic E-state index is 0.106. The zero-order valence-electron chi connectivity index (χ0n) is 22.3. The molecule has 1 fully saturated rings. The number of sulfonamides is 1. The van der Waals surface area contributed by atoms with Crippen LogP contribution in [0.1, 0.15) is 49.9 Å². The summed E-state index contributed by atoms with van der Waals surface area (Å²) in [5, 5.41) is 0.497. The molecule has 1 saturated heterocycles. The van der Waals surface area contributed by atoms with Crippen LogP contribution in [0.15, 0.2) is 41.3 Å². The Labute approximate surface area is 228 Å². The lowest BCUT2D eigenvalue weighted by Gasteiger charge is -2.23. The Morgan fingerprint density at radius 1 is 1.05 bits per heavy atom. The van der Waals surface area contributed by atoms with Crippen molar-refractivity contribution in [2.75, 3.05) is 45.4 Å². The fraction of sp³-hybridized carbons (Fsp3) is 0.481. The molecule has 1 aromatic heterocycles. The number of aromatic nitrogens is 1. The van der Waals surface area contributed by atoms with Crippen LogP contribution < -0.4 is 14.4 Å². The van der Waals surface area contributed by atoms with E-state index in [4.69, 9.17) is 19.2 Å². The summed E-state index contributed by atoms with van der Waals surface area (Å²) in [5.74, 6) is 0.957. The van der Waals surface area contributed by atoms with Crippen molar-refractivity contribution < 1.29 is 27.4 Å². The predicted octanol–water partition coefficient (Wildman–Crippen LogP) is 4.95. The standard InChI is InChI=1S/C27H35N3O6S2/c1-5-15-29(16-6-2)38(32,33)21-11-9-19(10-12-21)26(31)30(18-20-8-7-17-36-20)27-28-24-22(34-3)13-14-23(35-4)25(24)37-27/h9-14,20H,5-8,15-18H2,1-4H3. The van der Waals surface area contributed by atoms with Crippen LogP contribution >= 0.6 is 11.3 Å². The fourth-order valence-electron chi connectivity index (χ4n) is 4.55. The number of nitrogens with zero attached hydrogens (tertiary/aromatic N) is 3. The van der Waals surface area contributed by atoms with E-state index in [1.165, 1.54) is 27.8 Å². The van der Waals surface area contributed by atoms with E-state index in [1.54, 1.807) is 37.3 Å². The molecule has 1 aliphatic heterocycles. The van der Waals surface area contributed by atoms with Gasteiger partial charge in [-0.1, -0.05) is 25.2 Å². The van der Waals surface area contributed by atoms with Gasteiger partial charge in [0, 0.05) is 25.3 Å². The summed E-state index contributed by atoms with van der Waals surface area (Å²) in [6.45, 7) is 5.82. The van der Waals surface area contributed by atoms with Crippen molar-refractivity contribution in [3.63, 3.8) is 0 Å². The molecule has 4 rings (SSSR count). The number of hydrogen-bond donors (Lipinski definition) is 0. The monoisotopic (exact) mass is 561 g/mol. The van der Waals surface area contributed by atoms with Gasteiger partial charge in [0.15, 0.2) is 5.13 Å². The van der Waals surface area contributed by atoms with Crippen molar-refractivity contribution in [2.45, 2.75) is 50.5 Å². The number of ether oxygens (including phenoxy) is 3. The highest BCUT2D eigenvalue weighted by Gasteiger charge is 2.29. The average molecular weight is 562 g/mol. The van der Waals surface area contributed by atoms with Crippen molar-refractivity contribution in [2.24, 2.45) is 0 Å². The zero-order chi connectivity index (χ0) is 27.3. The number of carbonyl (C=O) groups excluding carboxylic acids is 1. The normalized spacial score (nSPS) is 15.8. The summed E-state index contributed by atoms with van der Waals surface area (Å²) < 4.78 is 45.5. The van der Waals surface area contributed by atoms with Crippen LogP contribution in [0.5, 0.6) is 11.5 Å². The second-order valence-electron chi connectivity index (χ2n) is 9.12. The van der Waals surface area contributed by atoms with Crippen molar-refractivity contribution in [3.8, 4) is 11.5 Å². The van der Waals surface area contributed by atoms with Gasteiger partial charge in [0.05, 0.1) is 31.8 Å². The minimum Gasteiger partial charge on any atom is -0.495 e. The Morgan fingerprint density at radius 2 is 1.71 bits per heavy atom. The number of benzene rings is 2. The van der Waals surface area contributed by atoms with Gasteiger partial charge in [-0.25, -0.2) is 13.4 Å². The van der Waals surface area contributed by atoms with Crippen molar-refractivity contribution in [1.82, 2.24) is 9.29 Å². The minimum atomic E-state index is -3.64. The molecule has 0 spiro atoms. The van der Waals surface area contributed by atoms with Crippen LogP contribution in [0.2, 0.25) is 0 Å². The van der Waals surface area contributed by atoms with Gasteiger partial charge >= 0.3 is 0 Å². The molecule has 9 nitrogen and oxygen atoms in total. The molecule has 11 heteroatoms. The molecule has 0 N–H and O–H groups in total.